The number of hydrogen-bond acceptors (Lipinski definition) is 2. The highest BCUT2D eigenvalue weighted by molar-refractivity contribution is 6.01. The normalized spacial score (nSPS) is 15.5. The molecule has 1 saturated heterocycles. The molecule has 1 aliphatic heterocycles. The van der Waals surface area contributed by atoms with Crippen molar-refractivity contribution in [3.63, 3.8) is 0 Å². The molecule has 4 nitrogen and oxygen atoms in total. The van der Waals surface area contributed by atoms with Gasteiger partial charge < -0.3 is 4.90 Å². The summed E-state index contributed by atoms with van der Waals surface area (Å²) in [4.78, 5) is 23.9. The highest BCUT2D eigenvalue weighted by Gasteiger charge is 2.26. The second kappa shape index (κ2) is 3.96. The van der Waals surface area contributed by atoms with Crippen molar-refractivity contribution in [3.05, 3.63) is 34.9 Å². The van der Waals surface area contributed by atoms with Gasteiger partial charge in [0.25, 0.3) is 0 Å². The summed E-state index contributed by atoms with van der Waals surface area (Å²) in [5.41, 5.74) is 3.39. The fraction of sp³-hybridized carbons (Fsp3) is 0.333. The van der Waals surface area contributed by atoms with E-state index in [1.54, 1.807) is 0 Å². The summed E-state index contributed by atoms with van der Waals surface area (Å²) in [5, 5.41) is 2.26. The molecule has 0 bridgehead atoms. The third-order valence-corrected chi connectivity index (χ3v) is 2.52. The Labute approximate surface area is 94.2 Å². The van der Waals surface area contributed by atoms with Crippen LogP contribution in [0, 0.1) is 13.8 Å². The predicted molar refractivity (Wildman–Crippen MR) is 59.9 cm³/mol. The smallest absolute Gasteiger partial charge is 0.311 e. The Morgan fingerprint density at radius 3 is 2.31 bits per heavy atom. The maximum atomic E-state index is 11.4. The van der Waals surface area contributed by atoms with Crippen LogP contribution in [0.4, 0.5) is 4.79 Å². The van der Waals surface area contributed by atoms with E-state index in [1.807, 2.05) is 26.0 Å². The number of hydrogen-bond donors (Lipinski definition) is 1. The molecule has 0 aromatic heterocycles. The standard InChI is InChI=1S/C12H14N2O2/c1-8-3-9(2)5-10(4-8)6-14-7-11(15)13-12(14)16/h3-5H,6-7H2,1-2H3,(H,13,15,16). The van der Waals surface area contributed by atoms with Gasteiger partial charge in [0.15, 0.2) is 0 Å². The van der Waals surface area contributed by atoms with E-state index in [4.69, 9.17) is 0 Å². The van der Waals surface area contributed by atoms with Gasteiger partial charge in [0.1, 0.15) is 6.54 Å². The van der Waals surface area contributed by atoms with Crippen LogP contribution in [0.25, 0.3) is 0 Å². The summed E-state index contributed by atoms with van der Waals surface area (Å²) in [7, 11) is 0. The van der Waals surface area contributed by atoms with Gasteiger partial charge in [-0.2, -0.15) is 0 Å². The number of amides is 3. The largest absolute Gasteiger partial charge is 0.324 e. The van der Waals surface area contributed by atoms with Crippen molar-refractivity contribution in [2.45, 2.75) is 20.4 Å². The molecule has 84 valence electrons. The molecule has 0 aliphatic carbocycles. The third-order valence-electron chi connectivity index (χ3n) is 2.52. The van der Waals surface area contributed by atoms with Gasteiger partial charge in [0, 0.05) is 6.54 Å². The van der Waals surface area contributed by atoms with Crippen LogP contribution >= 0.6 is 0 Å². The van der Waals surface area contributed by atoms with Gasteiger partial charge in [-0.05, 0) is 19.4 Å². The molecular formula is C12H14N2O2. The van der Waals surface area contributed by atoms with E-state index in [0.29, 0.717) is 6.54 Å². The van der Waals surface area contributed by atoms with Crippen LogP contribution in [0.3, 0.4) is 0 Å². The molecule has 1 fully saturated rings. The van der Waals surface area contributed by atoms with Crippen LogP contribution in [-0.4, -0.2) is 23.4 Å². The maximum Gasteiger partial charge on any atom is 0.324 e. The summed E-state index contributed by atoms with van der Waals surface area (Å²) in [5.74, 6) is -0.227. The van der Waals surface area contributed by atoms with E-state index >= 15 is 0 Å². The van der Waals surface area contributed by atoms with E-state index in [1.165, 1.54) is 16.0 Å². The van der Waals surface area contributed by atoms with Gasteiger partial charge >= 0.3 is 6.03 Å². The minimum atomic E-state index is -0.302. The van der Waals surface area contributed by atoms with Crippen LogP contribution in [0.2, 0.25) is 0 Å². The van der Waals surface area contributed by atoms with Crippen LogP contribution in [0.5, 0.6) is 0 Å². The molecule has 1 aliphatic rings. The van der Waals surface area contributed by atoms with Gasteiger partial charge in [0.2, 0.25) is 5.91 Å². The molecule has 3 amide bonds. The van der Waals surface area contributed by atoms with E-state index < -0.39 is 0 Å². The fourth-order valence-corrected chi connectivity index (χ4v) is 1.99. The SMILES string of the molecule is Cc1cc(C)cc(CN2CC(=O)NC2=O)c1. The van der Waals surface area contributed by atoms with E-state index in [0.717, 1.165) is 5.56 Å². The number of aryl methyl sites for hydroxylation is 2. The number of imide groups is 1. The van der Waals surface area contributed by atoms with Crippen molar-refractivity contribution in [2.24, 2.45) is 0 Å². The van der Waals surface area contributed by atoms with Crippen molar-refractivity contribution < 1.29 is 9.59 Å². The number of urea groups is 1. The molecule has 2 rings (SSSR count). The molecule has 0 unspecified atom stereocenters. The van der Waals surface area contributed by atoms with Gasteiger partial charge in [-0.15, -0.1) is 0 Å². The van der Waals surface area contributed by atoms with Crippen molar-refractivity contribution in [2.75, 3.05) is 6.54 Å². The fourth-order valence-electron chi connectivity index (χ4n) is 1.99. The van der Waals surface area contributed by atoms with Gasteiger partial charge in [-0.25, -0.2) is 4.79 Å². The van der Waals surface area contributed by atoms with E-state index in [9.17, 15) is 9.59 Å². The minimum absolute atomic E-state index is 0.159. The summed E-state index contributed by atoms with van der Waals surface area (Å²) in [6, 6.07) is 5.84. The Balaban J connectivity index is 2.15. The number of rotatable bonds is 2. The molecule has 1 aromatic carbocycles. The first-order valence-corrected chi connectivity index (χ1v) is 5.20. The lowest BCUT2D eigenvalue weighted by Crippen LogP contribution is -2.27. The zero-order valence-corrected chi connectivity index (χ0v) is 9.41. The predicted octanol–water partition coefficient (Wildman–Crippen LogP) is 1.36. The zero-order valence-electron chi connectivity index (χ0n) is 9.41. The molecule has 1 heterocycles. The second-order valence-electron chi connectivity index (χ2n) is 4.21. The number of carbonyl (C=O) groups is 2. The second-order valence-corrected chi connectivity index (χ2v) is 4.21. The Kier molecular flexibility index (Phi) is 2.64. The Morgan fingerprint density at radius 2 is 1.81 bits per heavy atom. The Hall–Kier alpha value is -1.84. The lowest BCUT2D eigenvalue weighted by atomic mass is 10.1. The summed E-state index contributed by atoms with van der Waals surface area (Å²) >= 11 is 0. The topological polar surface area (TPSA) is 49.4 Å². The molecule has 0 radical (unpaired) electrons. The first kappa shape index (κ1) is 10.7. The quantitative estimate of drug-likeness (QED) is 0.762. The lowest BCUT2D eigenvalue weighted by Gasteiger charge is -2.14. The average Bonchev–Trinajstić information content (AvgIpc) is 2.43. The highest BCUT2D eigenvalue weighted by Crippen LogP contribution is 2.12. The van der Waals surface area contributed by atoms with E-state index in [-0.39, 0.29) is 18.5 Å². The number of benzene rings is 1. The summed E-state index contributed by atoms with van der Waals surface area (Å²) < 4.78 is 0. The number of nitrogens with one attached hydrogen (secondary N) is 1. The summed E-state index contributed by atoms with van der Waals surface area (Å²) in [6.07, 6.45) is 0. The van der Waals surface area contributed by atoms with Gasteiger partial charge in [-0.3, -0.25) is 10.1 Å². The Bertz CT molecular complexity index is 434. The zero-order chi connectivity index (χ0) is 11.7. The maximum absolute atomic E-state index is 11.4. The number of nitrogens with zero attached hydrogens (tertiary/aromatic N) is 1. The molecule has 1 aromatic rings. The van der Waals surface area contributed by atoms with Crippen molar-refractivity contribution in [3.8, 4) is 0 Å². The van der Waals surface area contributed by atoms with Crippen molar-refractivity contribution in [1.29, 1.82) is 0 Å². The molecule has 1 N–H and O–H groups in total. The molecule has 4 heteroatoms. The first-order chi connectivity index (χ1) is 7.54. The first-order valence-electron chi connectivity index (χ1n) is 5.20. The van der Waals surface area contributed by atoms with Crippen LogP contribution in [0.15, 0.2) is 18.2 Å². The van der Waals surface area contributed by atoms with Crippen molar-refractivity contribution >= 4 is 11.9 Å². The number of carbonyl (C=O) groups excluding carboxylic acids is 2. The average molecular weight is 218 g/mol. The van der Waals surface area contributed by atoms with E-state index in [2.05, 4.69) is 11.4 Å². The lowest BCUT2D eigenvalue weighted by molar-refractivity contribution is -0.118. The summed E-state index contributed by atoms with van der Waals surface area (Å²) in [6.45, 7) is 4.68. The molecule has 16 heavy (non-hydrogen) atoms. The van der Waals surface area contributed by atoms with Crippen LogP contribution < -0.4 is 5.32 Å². The van der Waals surface area contributed by atoms with Gasteiger partial charge in [0.05, 0.1) is 0 Å². The van der Waals surface area contributed by atoms with Gasteiger partial charge in [-0.1, -0.05) is 29.3 Å². The highest BCUT2D eigenvalue weighted by atomic mass is 16.2. The van der Waals surface area contributed by atoms with Crippen molar-refractivity contribution in [1.82, 2.24) is 10.2 Å². The molecule has 0 spiro atoms. The molecule has 0 atom stereocenters. The third kappa shape index (κ3) is 2.21. The Morgan fingerprint density at radius 1 is 1.19 bits per heavy atom. The van der Waals surface area contributed by atoms with Crippen LogP contribution in [-0.2, 0) is 11.3 Å². The molecule has 0 saturated carbocycles. The van der Waals surface area contributed by atoms with Crippen LogP contribution in [0.1, 0.15) is 16.7 Å². The monoisotopic (exact) mass is 218 g/mol. The minimum Gasteiger partial charge on any atom is -0.311 e. The molecular weight excluding hydrogens is 204 g/mol.